The van der Waals surface area contributed by atoms with Gasteiger partial charge in [-0.25, -0.2) is 0 Å². The first kappa shape index (κ1) is 17.1. The molecule has 1 aliphatic heterocycles. The molecule has 0 aliphatic carbocycles. The number of nitrogens with zero attached hydrogens (tertiary/aromatic N) is 2. The van der Waals surface area contributed by atoms with Crippen LogP contribution in [0.25, 0.3) is 0 Å². The Bertz CT molecular complexity index is 762. The van der Waals surface area contributed by atoms with E-state index in [0.717, 1.165) is 24.2 Å². The Hall–Kier alpha value is -2.74. The summed E-state index contributed by atoms with van der Waals surface area (Å²) in [5.74, 6) is 1.26. The lowest BCUT2D eigenvalue weighted by atomic mass is 10.1. The van der Waals surface area contributed by atoms with E-state index in [2.05, 4.69) is 15.5 Å². The minimum absolute atomic E-state index is 0.199. The number of hydrogen-bond acceptors (Lipinski definition) is 6. The predicted octanol–water partition coefficient (Wildman–Crippen LogP) is 1.36. The van der Waals surface area contributed by atoms with Crippen molar-refractivity contribution in [3.8, 4) is 17.2 Å². The summed E-state index contributed by atoms with van der Waals surface area (Å²) in [6.45, 7) is 1.52. The van der Waals surface area contributed by atoms with Crippen LogP contribution in [0.15, 0.2) is 12.1 Å². The van der Waals surface area contributed by atoms with Crippen LogP contribution in [0.5, 0.6) is 17.2 Å². The number of aromatic nitrogens is 2. The van der Waals surface area contributed by atoms with E-state index in [-0.39, 0.29) is 5.91 Å². The van der Waals surface area contributed by atoms with Gasteiger partial charge in [0.1, 0.15) is 0 Å². The number of H-pyrrole nitrogens is 1. The molecule has 2 N–H and O–H groups in total. The van der Waals surface area contributed by atoms with Crippen molar-refractivity contribution < 1.29 is 19.0 Å². The fourth-order valence-electron chi connectivity index (χ4n) is 2.94. The van der Waals surface area contributed by atoms with Gasteiger partial charge in [-0.15, -0.1) is 0 Å². The second kappa shape index (κ2) is 7.02. The molecular weight excluding hydrogens is 324 g/mol. The van der Waals surface area contributed by atoms with Crippen LogP contribution in [0.1, 0.15) is 21.7 Å². The number of carbonyl (C=O) groups excluding carboxylic acids is 1. The molecule has 0 radical (unpaired) electrons. The van der Waals surface area contributed by atoms with E-state index in [1.165, 1.54) is 12.0 Å². The number of ether oxygens (including phenoxy) is 3. The Morgan fingerprint density at radius 3 is 2.44 bits per heavy atom. The molecule has 2 aromatic rings. The zero-order chi connectivity index (χ0) is 18.0. The Balaban J connectivity index is 1.96. The van der Waals surface area contributed by atoms with E-state index in [1.807, 2.05) is 0 Å². The van der Waals surface area contributed by atoms with Crippen LogP contribution in [-0.2, 0) is 13.0 Å². The monoisotopic (exact) mass is 346 g/mol. The van der Waals surface area contributed by atoms with Gasteiger partial charge >= 0.3 is 0 Å². The first-order chi connectivity index (χ1) is 12.1. The van der Waals surface area contributed by atoms with Gasteiger partial charge in [-0.05, 0) is 0 Å². The molecule has 1 aromatic heterocycles. The molecule has 25 heavy (non-hydrogen) atoms. The van der Waals surface area contributed by atoms with Crippen LogP contribution in [0, 0.1) is 0 Å². The molecule has 0 bridgehead atoms. The van der Waals surface area contributed by atoms with Gasteiger partial charge in [0.2, 0.25) is 5.75 Å². The van der Waals surface area contributed by atoms with Crippen LogP contribution in [0.3, 0.4) is 0 Å². The second-order valence-electron chi connectivity index (χ2n) is 5.70. The molecule has 8 heteroatoms. The molecule has 0 spiro atoms. The number of amides is 1. The topological polar surface area (TPSA) is 88.7 Å². The number of methoxy groups -OCH3 is 3. The zero-order valence-corrected chi connectivity index (χ0v) is 14.8. The Morgan fingerprint density at radius 1 is 1.16 bits per heavy atom. The standard InChI is InChI=1S/C17H22N4O4/c1-21(10-7-13(23-2)16(25-4)14(8-10)24-3)17(22)15-11-9-18-6-5-12(11)19-20-15/h7-8,18H,5-6,9H2,1-4H3,(H,19,20). The molecular formula is C17H22N4O4. The number of fused-ring (bicyclic) bond motifs is 1. The summed E-state index contributed by atoms with van der Waals surface area (Å²) in [7, 11) is 6.32. The Kier molecular flexibility index (Phi) is 4.80. The lowest BCUT2D eigenvalue weighted by Crippen LogP contribution is -2.30. The third kappa shape index (κ3) is 3.00. The average Bonchev–Trinajstić information content (AvgIpc) is 3.09. The number of hydrogen-bond donors (Lipinski definition) is 2. The quantitative estimate of drug-likeness (QED) is 0.850. The summed E-state index contributed by atoms with van der Waals surface area (Å²) in [5.41, 5.74) is 2.99. The molecule has 134 valence electrons. The number of anilines is 1. The average molecular weight is 346 g/mol. The highest BCUT2D eigenvalue weighted by Crippen LogP contribution is 2.41. The van der Waals surface area contributed by atoms with E-state index in [0.29, 0.717) is 35.2 Å². The maximum atomic E-state index is 12.9. The fourth-order valence-corrected chi connectivity index (χ4v) is 2.94. The van der Waals surface area contributed by atoms with Crippen LogP contribution < -0.4 is 24.4 Å². The predicted molar refractivity (Wildman–Crippen MR) is 92.8 cm³/mol. The van der Waals surface area contributed by atoms with Gasteiger partial charge in [-0.3, -0.25) is 9.89 Å². The number of benzene rings is 1. The van der Waals surface area contributed by atoms with Crippen LogP contribution in [-0.4, -0.2) is 51.0 Å². The first-order valence-electron chi connectivity index (χ1n) is 7.95. The maximum Gasteiger partial charge on any atom is 0.278 e. The zero-order valence-electron chi connectivity index (χ0n) is 14.8. The molecule has 0 unspecified atom stereocenters. The van der Waals surface area contributed by atoms with Crippen LogP contribution in [0.4, 0.5) is 5.69 Å². The SMILES string of the molecule is COc1cc(N(C)C(=O)c2n[nH]c3c2CNCC3)cc(OC)c1OC. The lowest BCUT2D eigenvalue weighted by molar-refractivity contribution is 0.0987. The number of nitrogens with one attached hydrogen (secondary N) is 2. The van der Waals surface area contributed by atoms with Crippen molar-refractivity contribution in [3.63, 3.8) is 0 Å². The van der Waals surface area contributed by atoms with Gasteiger partial charge in [-0.2, -0.15) is 5.10 Å². The van der Waals surface area contributed by atoms with Crippen molar-refractivity contribution in [2.24, 2.45) is 0 Å². The summed E-state index contributed by atoms with van der Waals surface area (Å²) in [5, 5.41) is 10.5. The highest BCUT2D eigenvalue weighted by molar-refractivity contribution is 6.05. The molecule has 3 rings (SSSR count). The summed E-state index contributed by atoms with van der Waals surface area (Å²) in [6, 6.07) is 3.47. The van der Waals surface area contributed by atoms with Crippen molar-refractivity contribution >= 4 is 11.6 Å². The lowest BCUT2D eigenvalue weighted by Gasteiger charge is -2.21. The van der Waals surface area contributed by atoms with E-state index in [4.69, 9.17) is 14.2 Å². The summed E-state index contributed by atoms with van der Waals surface area (Å²) in [4.78, 5) is 14.5. The smallest absolute Gasteiger partial charge is 0.278 e. The van der Waals surface area contributed by atoms with Crippen molar-refractivity contribution in [2.75, 3.05) is 39.8 Å². The maximum absolute atomic E-state index is 12.9. The molecule has 0 saturated carbocycles. The van der Waals surface area contributed by atoms with Crippen molar-refractivity contribution in [1.29, 1.82) is 0 Å². The second-order valence-corrected chi connectivity index (χ2v) is 5.70. The Morgan fingerprint density at radius 2 is 1.84 bits per heavy atom. The molecule has 1 aliphatic rings. The van der Waals surface area contributed by atoms with E-state index < -0.39 is 0 Å². The van der Waals surface area contributed by atoms with Gasteiger partial charge in [0.15, 0.2) is 17.2 Å². The van der Waals surface area contributed by atoms with Gasteiger partial charge in [0, 0.05) is 49.9 Å². The first-order valence-corrected chi connectivity index (χ1v) is 7.95. The Labute approximate surface area is 146 Å². The fraction of sp³-hybridized carbons (Fsp3) is 0.412. The number of aromatic amines is 1. The summed E-state index contributed by atoms with van der Waals surface area (Å²) >= 11 is 0. The molecule has 8 nitrogen and oxygen atoms in total. The van der Waals surface area contributed by atoms with E-state index in [1.54, 1.807) is 33.4 Å². The molecule has 1 amide bonds. The molecule has 2 heterocycles. The molecule has 0 saturated heterocycles. The van der Waals surface area contributed by atoms with Gasteiger partial charge in [0.25, 0.3) is 5.91 Å². The van der Waals surface area contributed by atoms with Crippen LogP contribution >= 0.6 is 0 Å². The van der Waals surface area contributed by atoms with Gasteiger partial charge in [-0.1, -0.05) is 0 Å². The molecule has 0 atom stereocenters. The van der Waals surface area contributed by atoms with Crippen molar-refractivity contribution in [1.82, 2.24) is 15.5 Å². The summed E-state index contributed by atoms with van der Waals surface area (Å²) < 4.78 is 16.0. The molecule has 0 fully saturated rings. The largest absolute Gasteiger partial charge is 0.493 e. The third-order valence-corrected chi connectivity index (χ3v) is 4.35. The van der Waals surface area contributed by atoms with Gasteiger partial charge in [0.05, 0.1) is 27.0 Å². The minimum Gasteiger partial charge on any atom is -0.493 e. The summed E-state index contributed by atoms with van der Waals surface area (Å²) in [6.07, 6.45) is 0.837. The van der Waals surface area contributed by atoms with Gasteiger partial charge < -0.3 is 24.4 Å². The highest BCUT2D eigenvalue weighted by Gasteiger charge is 2.26. The minimum atomic E-state index is -0.199. The van der Waals surface area contributed by atoms with Crippen LogP contribution in [0.2, 0.25) is 0 Å². The highest BCUT2D eigenvalue weighted by atomic mass is 16.5. The number of rotatable bonds is 5. The number of carbonyl (C=O) groups is 1. The van der Waals surface area contributed by atoms with E-state index >= 15 is 0 Å². The van der Waals surface area contributed by atoms with E-state index in [9.17, 15) is 4.79 Å². The molecule has 1 aromatic carbocycles. The van der Waals surface area contributed by atoms with Crippen molar-refractivity contribution in [2.45, 2.75) is 13.0 Å². The third-order valence-electron chi connectivity index (χ3n) is 4.35. The normalized spacial score (nSPS) is 13.1. The van der Waals surface area contributed by atoms with Crippen molar-refractivity contribution in [3.05, 3.63) is 29.1 Å².